The van der Waals surface area contributed by atoms with Gasteiger partial charge in [-0.2, -0.15) is 4.98 Å². The molecule has 1 saturated heterocycles. The van der Waals surface area contributed by atoms with Gasteiger partial charge in [-0.25, -0.2) is 0 Å². The van der Waals surface area contributed by atoms with Crippen molar-refractivity contribution in [2.24, 2.45) is 0 Å². The van der Waals surface area contributed by atoms with E-state index in [1.165, 1.54) is 0 Å². The average Bonchev–Trinajstić information content (AvgIpc) is 2.90. The van der Waals surface area contributed by atoms with Crippen LogP contribution >= 0.6 is 0 Å². The molecular weight excluding hydrogens is 214 g/mol. The summed E-state index contributed by atoms with van der Waals surface area (Å²) in [7, 11) is 0. The first-order valence-electron chi connectivity index (χ1n) is 6.14. The maximum Gasteiger partial charge on any atom is 0.230 e. The molecule has 0 spiro atoms. The van der Waals surface area contributed by atoms with Crippen molar-refractivity contribution >= 4 is 0 Å². The van der Waals surface area contributed by atoms with Crippen LogP contribution < -0.4 is 5.32 Å². The van der Waals surface area contributed by atoms with E-state index in [1.54, 1.807) is 0 Å². The second-order valence-corrected chi connectivity index (χ2v) is 4.46. The zero-order chi connectivity index (χ0) is 11.5. The van der Waals surface area contributed by atoms with Crippen LogP contribution in [0.2, 0.25) is 0 Å². The molecule has 2 heterocycles. The molecule has 4 nitrogen and oxygen atoms in total. The van der Waals surface area contributed by atoms with Gasteiger partial charge in [0.05, 0.1) is 13.1 Å². The van der Waals surface area contributed by atoms with Gasteiger partial charge in [-0.1, -0.05) is 35.5 Å². The van der Waals surface area contributed by atoms with Crippen molar-refractivity contribution in [2.75, 3.05) is 13.1 Å². The molecule has 0 unspecified atom stereocenters. The van der Waals surface area contributed by atoms with Gasteiger partial charge < -0.3 is 9.84 Å². The highest BCUT2D eigenvalue weighted by molar-refractivity contribution is 5.53. The Kier molecular flexibility index (Phi) is 2.88. The molecule has 1 aromatic carbocycles. The van der Waals surface area contributed by atoms with Crippen molar-refractivity contribution in [3.05, 3.63) is 36.2 Å². The van der Waals surface area contributed by atoms with E-state index in [4.69, 9.17) is 4.52 Å². The van der Waals surface area contributed by atoms with Gasteiger partial charge in [-0.15, -0.1) is 0 Å². The van der Waals surface area contributed by atoms with Gasteiger partial charge >= 0.3 is 0 Å². The van der Waals surface area contributed by atoms with Crippen LogP contribution in [0.1, 0.15) is 24.7 Å². The molecular formula is C13H16N3O+. The predicted molar refractivity (Wildman–Crippen MR) is 63.4 cm³/mol. The van der Waals surface area contributed by atoms with Crippen molar-refractivity contribution in [2.45, 2.75) is 18.8 Å². The van der Waals surface area contributed by atoms with E-state index in [2.05, 4.69) is 15.5 Å². The number of hydrogen-bond donors (Lipinski definition) is 1. The van der Waals surface area contributed by atoms with E-state index in [1.807, 2.05) is 30.3 Å². The highest BCUT2D eigenvalue weighted by Crippen LogP contribution is 2.24. The van der Waals surface area contributed by atoms with E-state index in [0.29, 0.717) is 11.7 Å². The molecule has 1 fully saturated rings. The van der Waals surface area contributed by atoms with Crippen molar-refractivity contribution in [3.8, 4) is 11.4 Å². The van der Waals surface area contributed by atoms with Gasteiger partial charge in [-0.3, -0.25) is 0 Å². The zero-order valence-electron chi connectivity index (χ0n) is 9.67. The van der Waals surface area contributed by atoms with Crippen LogP contribution in [0.4, 0.5) is 0 Å². The fraction of sp³-hybridized carbons (Fsp3) is 0.385. The lowest BCUT2D eigenvalue weighted by Crippen LogP contribution is -2.86. The van der Waals surface area contributed by atoms with Gasteiger partial charge in [0.2, 0.25) is 11.7 Å². The van der Waals surface area contributed by atoms with E-state index in [-0.39, 0.29) is 0 Å². The summed E-state index contributed by atoms with van der Waals surface area (Å²) in [5.74, 6) is 1.96. The normalized spacial score (nSPS) is 17.2. The third-order valence-corrected chi connectivity index (χ3v) is 3.26. The van der Waals surface area contributed by atoms with Crippen LogP contribution in [0.3, 0.4) is 0 Å². The summed E-state index contributed by atoms with van der Waals surface area (Å²) in [6.45, 7) is 2.32. The Morgan fingerprint density at radius 1 is 1.12 bits per heavy atom. The van der Waals surface area contributed by atoms with Crippen molar-refractivity contribution in [3.63, 3.8) is 0 Å². The van der Waals surface area contributed by atoms with Crippen LogP contribution in [0.15, 0.2) is 34.9 Å². The van der Waals surface area contributed by atoms with Crippen LogP contribution in [-0.4, -0.2) is 23.2 Å². The Labute approximate surface area is 100 Å². The summed E-state index contributed by atoms with van der Waals surface area (Å²) < 4.78 is 5.38. The third kappa shape index (κ3) is 2.22. The summed E-state index contributed by atoms with van der Waals surface area (Å²) in [5.41, 5.74) is 1.02. The molecule has 0 amide bonds. The largest absolute Gasteiger partial charge is 0.346 e. The SMILES string of the molecule is c1ccc(-c2noc(C3CC[NH2+]CC3)n2)cc1. The Balaban J connectivity index is 1.83. The summed E-state index contributed by atoms with van der Waals surface area (Å²) in [4.78, 5) is 4.51. The van der Waals surface area contributed by atoms with E-state index < -0.39 is 0 Å². The lowest BCUT2D eigenvalue weighted by atomic mass is 9.98. The molecule has 2 aromatic rings. The number of rotatable bonds is 2. The molecule has 1 aliphatic heterocycles. The fourth-order valence-corrected chi connectivity index (χ4v) is 2.28. The molecule has 2 N–H and O–H groups in total. The number of benzene rings is 1. The lowest BCUT2D eigenvalue weighted by molar-refractivity contribution is -0.663. The van der Waals surface area contributed by atoms with E-state index in [9.17, 15) is 0 Å². The maximum atomic E-state index is 5.38. The van der Waals surface area contributed by atoms with Crippen LogP contribution in [0, 0.1) is 0 Å². The number of piperidine rings is 1. The minimum absolute atomic E-state index is 0.449. The molecule has 3 rings (SSSR count). The monoisotopic (exact) mass is 230 g/mol. The second-order valence-electron chi connectivity index (χ2n) is 4.46. The molecule has 0 radical (unpaired) electrons. The summed E-state index contributed by atoms with van der Waals surface area (Å²) in [5, 5.41) is 6.40. The number of aromatic nitrogens is 2. The molecule has 0 bridgehead atoms. The fourth-order valence-electron chi connectivity index (χ4n) is 2.28. The number of hydrogen-bond acceptors (Lipinski definition) is 3. The van der Waals surface area contributed by atoms with Crippen LogP contribution in [0.5, 0.6) is 0 Å². The van der Waals surface area contributed by atoms with E-state index >= 15 is 0 Å². The van der Waals surface area contributed by atoms with Gasteiger partial charge in [0.15, 0.2) is 0 Å². The first-order chi connectivity index (χ1) is 8.43. The summed E-state index contributed by atoms with van der Waals surface area (Å²) in [6.07, 6.45) is 2.27. The first kappa shape index (κ1) is 10.5. The Morgan fingerprint density at radius 2 is 1.88 bits per heavy atom. The summed E-state index contributed by atoms with van der Waals surface area (Å²) >= 11 is 0. The van der Waals surface area contributed by atoms with Gasteiger partial charge in [0.1, 0.15) is 0 Å². The quantitative estimate of drug-likeness (QED) is 0.842. The molecule has 88 valence electrons. The predicted octanol–water partition coefficient (Wildman–Crippen LogP) is 1.18. The van der Waals surface area contributed by atoms with Gasteiger partial charge in [-0.05, 0) is 0 Å². The van der Waals surface area contributed by atoms with Gasteiger partial charge in [0.25, 0.3) is 0 Å². The number of nitrogens with zero attached hydrogens (tertiary/aromatic N) is 2. The van der Waals surface area contributed by atoms with Crippen molar-refractivity contribution in [1.29, 1.82) is 0 Å². The molecule has 0 atom stereocenters. The smallest absolute Gasteiger partial charge is 0.230 e. The van der Waals surface area contributed by atoms with E-state index in [0.717, 1.165) is 37.4 Å². The Morgan fingerprint density at radius 3 is 2.65 bits per heavy atom. The molecule has 0 saturated carbocycles. The molecule has 1 aromatic heterocycles. The van der Waals surface area contributed by atoms with Crippen molar-refractivity contribution < 1.29 is 9.84 Å². The topological polar surface area (TPSA) is 55.5 Å². The van der Waals surface area contributed by atoms with Gasteiger partial charge in [0, 0.05) is 24.3 Å². The first-order valence-corrected chi connectivity index (χ1v) is 6.14. The minimum Gasteiger partial charge on any atom is -0.346 e. The second kappa shape index (κ2) is 4.67. The Bertz CT molecular complexity index is 474. The molecule has 17 heavy (non-hydrogen) atoms. The third-order valence-electron chi connectivity index (χ3n) is 3.26. The highest BCUT2D eigenvalue weighted by Gasteiger charge is 2.23. The molecule has 0 aliphatic carbocycles. The van der Waals surface area contributed by atoms with Crippen LogP contribution in [-0.2, 0) is 0 Å². The standard InChI is InChI=1S/C13H15N3O/c1-2-4-10(5-3-1)12-15-13(17-16-12)11-6-8-14-9-7-11/h1-5,11,14H,6-9H2/p+1. The molecule has 1 aliphatic rings. The highest BCUT2D eigenvalue weighted by atomic mass is 16.5. The molecule has 4 heteroatoms. The number of quaternary nitrogens is 1. The van der Waals surface area contributed by atoms with Crippen molar-refractivity contribution in [1.82, 2.24) is 10.1 Å². The summed E-state index contributed by atoms with van der Waals surface area (Å²) in [6, 6.07) is 9.97. The lowest BCUT2D eigenvalue weighted by Gasteiger charge is -2.15. The zero-order valence-corrected chi connectivity index (χ0v) is 9.67. The minimum atomic E-state index is 0.449. The average molecular weight is 230 g/mol. The van der Waals surface area contributed by atoms with Crippen LogP contribution in [0.25, 0.3) is 11.4 Å². The maximum absolute atomic E-state index is 5.38. The number of nitrogens with two attached hydrogens (primary N) is 1. The Hall–Kier alpha value is -1.68.